The lowest BCUT2D eigenvalue weighted by Crippen LogP contribution is -2.36. The molecule has 2 aliphatic rings. The van der Waals surface area contributed by atoms with Crippen LogP contribution in [0.1, 0.15) is 41.6 Å². The molecule has 3 heterocycles. The topological polar surface area (TPSA) is 85.8 Å². The molecule has 5 rings (SSSR count). The third-order valence-electron chi connectivity index (χ3n) is 5.45. The standard InChI is InChI=1S/C18H16ClN5O/c19-13-8-10(24-6-3-11-14(24)9-21-23-16(11)20)7-12-15(13)17(25)22-18(12)4-1-2-5-18/h3,6-9H,1-2,4-5H2,(H2,20,23)(H,22,25). The van der Waals surface area contributed by atoms with Crippen LogP contribution in [0.15, 0.2) is 30.6 Å². The van der Waals surface area contributed by atoms with Crippen LogP contribution in [0.25, 0.3) is 16.6 Å². The first-order valence-electron chi connectivity index (χ1n) is 8.34. The Bertz CT molecular complexity index is 1040. The van der Waals surface area contributed by atoms with Crippen LogP contribution in [-0.2, 0) is 5.54 Å². The van der Waals surface area contributed by atoms with Crippen LogP contribution in [0.5, 0.6) is 0 Å². The summed E-state index contributed by atoms with van der Waals surface area (Å²) in [4.78, 5) is 12.5. The Hall–Kier alpha value is -2.60. The van der Waals surface area contributed by atoms with Crippen molar-refractivity contribution >= 4 is 34.2 Å². The van der Waals surface area contributed by atoms with Gasteiger partial charge < -0.3 is 15.6 Å². The summed E-state index contributed by atoms with van der Waals surface area (Å²) in [6.45, 7) is 0. The van der Waals surface area contributed by atoms with Gasteiger partial charge in [-0.3, -0.25) is 4.79 Å². The van der Waals surface area contributed by atoms with Crippen molar-refractivity contribution in [2.75, 3.05) is 5.73 Å². The lowest BCUT2D eigenvalue weighted by atomic mass is 9.88. The van der Waals surface area contributed by atoms with Crippen molar-refractivity contribution in [2.45, 2.75) is 31.2 Å². The fourth-order valence-corrected chi connectivity index (χ4v) is 4.58. The maximum absolute atomic E-state index is 12.5. The molecule has 0 atom stereocenters. The first-order chi connectivity index (χ1) is 12.1. The lowest BCUT2D eigenvalue weighted by Gasteiger charge is -2.25. The van der Waals surface area contributed by atoms with Crippen molar-refractivity contribution in [3.05, 3.63) is 46.7 Å². The molecule has 7 heteroatoms. The second-order valence-electron chi connectivity index (χ2n) is 6.81. The van der Waals surface area contributed by atoms with Crippen LogP contribution < -0.4 is 11.1 Å². The number of halogens is 1. The highest BCUT2D eigenvalue weighted by Gasteiger charge is 2.45. The number of nitrogens with two attached hydrogens (primary N) is 1. The Morgan fingerprint density at radius 2 is 2.08 bits per heavy atom. The SMILES string of the molecule is Nc1nncc2c1ccn2-c1cc(Cl)c2c(c1)C1(CCCC1)NC2=O. The van der Waals surface area contributed by atoms with Crippen molar-refractivity contribution in [3.63, 3.8) is 0 Å². The van der Waals surface area contributed by atoms with Crippen LogP contribution in [-0.4, -0.2) is 20.7 Å². The van der Waals surface area contributed by atoms with E-state index in [4.69, 9.17) is 17.3 Å². The number of hydrogen-bond donors (Lipinski definition) is 2. The maximum Gasteiger partial charge on any atom is 0.253 e. The zero-order valence-corrected chi connectivity index (χ0v) is 14.2. The van der Waals surface area contributed by atoms with Gasteiger partial charge in [0.05, 0.1) is 27.8 Å². The Kier molecular flexibility index (Phi) is 2.92. The number of nitrogens with one attached hydrogen (secondary N) is 1. The largest absolute Gasteiger partial charge is 0.382 e. The number of carbonyl (C=O) groups excluding carboxylic acids is 1. The van der Waals surface area contributed by atoms with Crippen molar-refractivity contribution in [1.82, 2.24) is 20.1 Å². The van der Waals surface area contributed by atoms with Gasteiger partial charge in [-0.1, -0.05) is 24.4 Å². The van der Waals surface area contributed by atoms with Gasteiger partial charge in [-0.05, 0) is 36.6 Å². The second-order valence-corrected chi connectivity index (χ2v) is 7.22. The summed E-state index contributed by atoms with van der Waals surface area (Å²) in [6, 6.07) is 5.81. The molecule has 1 amide bonds. The van der Waals surface area contributed by atoms with Gasteiger partial charge in [-0.25, -0.2) is 0 Å². The number of fused-ring (bicyclic) bond motifs is 3. The first-order valence-corrected chi connectivity index (χ1v) is 8.72. The molecule has 0 unspecified atom stereocenters. The Balaban J connectivity index is 1.75. The van der Waals surface area contributed by atoms with E-state index in [9.17, 15) is 4.79 Å². The third kappa shape index (κ3) is 1.94. The van der Waals surface area contributed by atoms with Crippen LogP contribution in [0.4, 0.5) is 5.82 Å². The van der Waals surface area contributed by atoms with Crippen molar-refractivity contribution in [1.29, 1.82) is 0 Å². The molecule has 3 aromatic rings. The normalized spacial score (nSPS) is 18.0. The van der Waals surface area contributed by atoms with E-state index < -0.39 is 0 Å². The van der Waals surface area contributed by atoms with E-state index in [0.29, 0.717) is 16.4 Å². The number of nitrogen functional groups attached to an aromatic ring is 1. The predicted octanol–water partition coefficient (Wildman–Crippen LogP) is 3.17. The van der Waals surface area contributed by atoms with Gasteiger partial charge in [-0.2, -0.15) is 5.10 Å². The number of aromatic nitrogens is 3. The number of benzene rings is 1. The van der Waals surface area contributed by atoms with Gasteiger partial charge in [0.2, 0.25) is 0 Å². The van der Waals surface area contributed by atoms with E-state index in [1.807, 2.05) is 22.9 Å². The highest BCUT2D eigenvalue weighted by Crippen LogP contribution is 2.46. The van der Waals surface area contributed by atoms with Gasteiger partial charge in [0, 0.05) is 17.3 Å². The number of amides is 1. The minimum atomic E-state index is -0.270. The van der Waals surface area contributed by atoms with Gasteiger partial charge in [-0.15, -0.1) is 5.10 Å². The number of rotatable bonds is 1. The molecule has 0 bridgehead atoms. The summed E-state index contributed by atoms with van der Waals surface area (Å²) in [5.74, 6) is 0.327. The van der Waals surface area contributed by atoms with E-state index in [1.165, 1.54) is 0 Å². The first kappa shape index (κ1) is 14.7. The molecule has 1 aliphatic carbocycles. The zero-order valence-electron chi connectivity index (χ0n) is 13.4. The van der Waals surface area contributed by atoms with Crippen molar-refractivity contribution < 1.29 is 4.79 Å². The molecule has 1 aliphatic heterocycles. The van der Waals surface area contributed by atoms with Gasteiger partial charge in [0.15, 0.2) is 5.82 Å². The quantitative estimate of drug-likeness (QED) is 0.703. The van der Waals surface area contributed by atoms with E-state index >= 15 is 0 Å². The summed E-state index contributed by atoms with van der Waals surface area (Å²) in [7, 11) is 0. The summed E-state index contributed by atoms with van der Waals surface area (Å²) < 4.78 is 1.98. The molecule has 2 aromatic heterocycles. The molecule has 6 nitrogen and oxygen atoms in total. The molecule has 1 aromatic carbocycles. The number of anilines is 1. The molecule has 126 valence electrons. The number of carbonyl (C=O) groups is 1. The molecule has 1 fully saturated rings. The van der Waals surface area contributed by atoms with Gasteiger partial charge in [0.1, 0.15) is 0 Å². The Morgan fingerprint density at radius 3 is 2.88 bits per heavy atom. The van der Waals surface area contributed by atoms with E-state index in [-0.39, 0.29) is 11.4 Å². The monoisotopic (exact) mass is 353 g/mol. The van der Waals surface area contributed by atoms with Crippen molar-refractivity contribution in [2.24, 2.45) is 0 Å². The lowest BCUT2D eigenvalue weighted by molar-refractivity contribution is 0.0931. The Morgan fingerprint density at radius 1 is 1.28 bits per heavy atom. The summed E-state index contributed by atoms with van der Waals surface area (Å²) in [6.07, 6.45) is 7.74. The average molecular weight is 354 g/mol. The highest BCUT2D eigenvalue weighted by atomic mass is 35.5. The van der Waals surface area contributed by atoms with Crippen LogP contribution in [0, 0.1) is 0 Å². The minimum absolute atomic E-state index is 0.0686. The van der Waals surface area contributed by atoms with Crippen LogP contribution in [0.2, 0.25) is 5.02 Å². The van der Waals surface area contributed by atoms with Crippen LogP contribution >= 0.6 is 11.6 Å². The molecule has 1 spiro atoms. The van der Waals surface area contributed by atoms with E-state index in [2.05, 4.69) is 21.6 Å². The fourth-order valence-electron chi connectivity index (χ4n) is 4.28. The second kappa shape index (κ2) is 4.95. The van der Waals surface area contributed by atoms with Crippen LogP contribution in [0.3, 0.4) is 0 Å². The van der Waals surface area contributed by atoms with E-state index in [1.54, 1.807) is 6.20 Å². The summed E-state index contributed by atoms with van der Waals surface area (Å²) in [5.41, 5.74) is 9.02. The third-order valence-corrected chi connectivity index (χ3v) is 5.75. The zero-order chi connectivity index (χ0) is 17.2. The van der Waals surface area contributed by atoms with Crippen molar-refractivity contribution in [3.8, 4) is 5.69 Å². The highest BCUT2D eigenvalue weighted by molar-refractivity contribution is 6.34. The summed E-state index contributed by atoms with van der Waals surface area (Å²) >= 11 is 6.50. The Labute approximate surface area is 149 Å². The number of hydrogen-bond acceptors (Lipinski definition) is 4. The smallest absolute Gasteiger partial charge is 0.253 e. The predicted molar refractivity (Wildman–Crippen MR) is 95.9 cm³/mol. The molecular weight excluding hydrogens is 338 g/mol. The average Bonchev–Trinajstić information content (AvgIpc) is 3.27. The van der Waals surface area contributed by atoms with Gasteiger partial charge in [0.25, 0.3) is 5.91 Å². The molecule has 3 N–H and O–H groups in total. The maximum atomic E-state index is 12.5. The number of nitrogens with zero attached hydrogens (tertiary/aromatic N) is 3. The van der Waals surface area contributed by atoms with Gasteiger partial charge >= 0.3 is 0 Å². The molecule has 0 radical (unpaired) electrons. The molecule has 0 saturated heterocycles. The fraction of sp³-hybridized carbons (Fsp3) is 0.278. The van der Waals surface area contributed by atoms with E-state index in [0.717, 1.165) is 47.8 Å². The minimum Gasteiger partial charge on any atom is -0.382 e. The molecule has 1 saturated carbocycles. The molecule has 25 heavy (non-hydrogen) atoms. The molecular formula is C18H16ClN5O. The summed E-state index contributed by atoms with van der Waals surface area (Å²) in [5, 5.41) is 12.3.